The first-order valence-corrected chi connectivity index (χ1v) is 4.58. The minimum atomic E-state index is -0.979. The van der Waals surface area contributed by atoms with Crippen LogP contribution in [0.15, 0.2) is 5.16 Å². The van der Waals surface area contributed by atoms with Crippen LogP contribution >= 0.6 is 0 Å². The quantitative estimate of drug-likeness (QED) is 0.680. The molecule has 0 aromatic rings. The Labute approximate surface area is 77.6 Å². The molecular formula is C9H15NO3. The van der Waals surface area contributed by atoms with Crippen LogP contribution in [-0.2, 0) is 9.63 Å². The smallest absolute Gasteiger partial charge is 0.344 e. The van der Waals surface area contributed by atoms with Gasteiger partial charge in [0.05, 0.1) is 5.71 Å². The number of aliphatic carboxylic acids is 1. The Kier molecular flexibility index (Phi) is 3.73. The summed E-state index contributed by atoms with van der Waals surface area (Å²) in [5.74, 6) is -0.325. The van der Waals surface area contributed by atoms with Gasteiger partial charge in [-0.25, -0.2) is 4.79 Å². The average Bonchev–Trinajstić information content (AvgIpc) is 2.03. The fourth-order valence-electron chi connectivity index (χ4n) is 1.52. The molecule has 1 aliphatic rings. The molecule has 0 amide bonds. The van der Waals surface area contributed by atoms with Gasteiger partial charge in [-0.3, -0.25) is 0 Å². The predicted molar refractivity (Wildman–Crippen MR) is 48.7 cm³/mol. The number of hydrogen-bond donors (Lipinski definition) is 1. The van der Waals surface area contributed by atoms with E-state index in [4.69, 9.17) is 5.11 Å². The molecule has 1 saturated carbocycles. The van der Waals surface area contributed by atoms with Crippen molar-refractivity contribution in [3.8, 4) is 0 Å². The highest BCUT2D eigenvalue weighted by Crippen LogP contribution is 2.21. The van der Waals surface area contributed by atoms with E-state index in [-0.39, 0.29) is 6.61 Å². The van der Waals surface area contributed by atoms with Crippen LogP contribution in [0.5, 0.6) is 0 Å². The lowest BCUT2D eigenvalue weighted by Gasteiger charge is -2.18. The molecule has 4 heteroatoms. The molecule has 74 valence electrons. The third kappa shape index (κ3) is 3.92. The van der Waals surface area contributed by atoms with Crippen molar-refractivity contribution in [2.45, 2.75) is 32.6 Å². The van der Waals surface area contributed by atoms with Gasteiger partial charge in [0.2, 0.25) is 6.61 Å². The number of nitrogens with zero attached hydrogens (tertiary/aromatic N) is 1. The van der Waals surface area contributed by atoms with Gasteiger partial charge in [-0.05, 0) is 31.6 Å². The summed E-state index contributed by atoms with van der Waals surface area (Å²) in [6.07, 6.45) is 4.26. The number of hydrogen-bond acceptors (Lipinski definition) is 3. The molecule has 0 aliphatic heterocycles. The first-order chi connectivity index (χ1) is 6.18. The summed E-state index contributed by atoms with van der Waals surface area (Å²) in [7, 11) is 0. The van der Waals surface area contributed by atoms with Crippen molar-refractivity contribution in [1.29, 1.82) is 0 Å². The summed E-state index contributed by atoms with van der Waals surface area (Å²) < 4.78 is 0. The van der Waals surface area contributed by atoms with Crippen LogP contribution in [0.25, 0.3) is 0 Å². The molecule has 0 saturated heterocycles. The summed E-state index contributed by atoms with van der Waals surface area (Å²) in [6.45, 7) is 1.84. The Hall–Kier alpha value is -1.06. The van der Waals surface area contributed by atoms with E-state index in [1.807, 2.05) is 0 Å². The van der Waals surface area contributed by atoms with Gasteiger partial charge in [0.15, 0.2) is 0 Å². The first kappa shape index (κ1) is 10.0. The third-order valence-electron chi connectivity index (χ3n) is 2.13. The molecule has 0 aromatic carbocycles. The predicted octanol–water partition coefficient (Wildman–Crippen LogP) is 1.65. The van der Waals surface area contributed by atoms with Crippen LogP contribution in [0.2, 0.25) is 0 Å². The molecule has 1 unspecified atom stereocenters. The maximum absolute atomic E-state index is 10.1. The molecule has 1 aliphatic carbocycles. The van der Waals surface area contributed by atoms with E-state index in [1.165, 1.54) is 6.42 Å². The highest BCUT2D eigenvalue weighted by molar-refractivity contribution is 5.84. The van der Waals surface area contributed by atoms with Gasteiger partial charge < -0.3 is 9.94 Å². The summed E-state index contributed by atoms with van der Waals surface area (Å²) in [6, 6.07) is 0. The second-order valence-electron chi connectivity index (χ2n) is 3.53. The Morgan fingerprint density at radius 3 is 3.15 bits per heavy atom. The molecule has 1 N–H and O–H groups in total. The van der Waals surface area contributed by atoms with Crippen molar-refractivity contribution in [3.63, 3.8) is 0 Å². The highest BCUT2D eigenvalue weighted by atomic mass is 16.6. The summed E-state index contributed by atoms with van der Waals surface area (Å²) in [5, 5.41) is 12.1. The molecule has 4 nitrogen and oxygen atoms in total. The SMILES string of the molecule is CC1CCCC(=NOCC(=O)O)C1. The molecule has 0 spiro atoms. The standard InChI is InChI=1S/C9H15NO3/c1-7-3-2-4-8(5-7)10-13-6-9(11)12/h7H,2-6H2,1H3,(H,11,12). The van der Waals surface area contributed by atoms with Crippen molar-refractivity contribution in [1.82, 2.24) is 0 Å². The number of carbonyl (C=O) groups is 1. The maximum atomic E-state index is 10.1. The van der Waals surface area contributed by atoms with Gasteiger partial charge in [-0.15, -0.1) is 0 Å². The Morgan fingerprint density at radius 1 is 1.77 bits per heavy atom. The average molecular weight is 185 g/mol. The lowest BCUT2D eigenvalue weighted by Crippen LogP contribution is -2.14. The van der Waals surface area contributed by atoms with Gasteiger partial charge >= 0.3 is 5.97 Å². The lowest BCUT2D eigenvalue weighted by molar-refractivity contribution is -0.142. The monoisotopic (exact) mass is 185 g/mol. The summed E-state index contributed by atoms with van der Waals surface area (Å²) in [5.41, 5.74) is 1.00. The summed E-state index contributed by atoms with van der Waals surface area (Å²) >= 11 is 0. The van der Waals surface area contributed by atoms with E-state index in [0.29, 0.717) is 5.92 Å². The molecule has 13 heavy (non-hydrogen) atoms. The second-order valence-corrected chi connectivity index (χ2v) is 3.53. The van der Waals surface area contributed by atoms with E-state index < -0.39 is 5.97 Å². The van der Waals surface area contributed by atoms with E-state index in [2.05, 4.69) is 16.9 Å². The maximum Gasteiger partial charge on any atom is 0.344 e. The zero-order valence-corrected chi connectivity index (χ0v) is 7.82. The molecule has 0 heterocycles. The van der Waals surface area contributed by atoms with Gasteiger partial charge in [0.1, 0.15) is 0 Å². The molecule has 0 radical (unpaired) electrons. The van der Waals surface area contributed by atoms with Gasteiger partial charge in [-0.2, -0.15) is 0 Å². The van der Waals surface area contributed by atoms with Crippen LogP contribution in [-0.4, -0.2) is 23.4 Å². The normalized spacial score (nSPS) is 25.9. The molecular weight excluding hydrogens is 170 g/mol. The van der Waals surface area contributed by atoms with Crippen LogP contribution < -0.4 is 0 Å². The molecule has 0 bridgehead atoms. The third-order valence-corrected chi connectivity index (χ3v) is 2.13. The van der Waals surface area contributed by atoms with Gasteiger partial charge in [0, 0.05) is 0 Å². The van der Waals surface area contributed by atoms with Gasteiger partial charge in [-0.1, -0.05) is 12.1 Å². The van der Waals surface area contributed by atoms with E-state index >= 15 is 0 Å². The Bertz CT molecular complexity index is 213. The molecule has 1 fully saturated rings. The van der Waals surface area contributed by atoms with E-state index in [9.17, 15) is 4.79 Å². The van der Waals surface area contributed by atoms with E-state index in [1.54, 1.807) is 0 Å². The Morgan fingerprint density at radius 2 is 2.54 bits per heavy atom. The molecule has 1 atom stereocenters. The number of rotatable bonds is 3. The number of carboxylic acid groups (broad SMARTS) is 1. The van der Waals surface area contributed by atoms with E-state index in [0.717, 1.165) is 25.0 Å². The minimum Gasteiger partial charge on any atom is -0.479 e. The van der Waals surface area contributed by atoms with Crippen molar-refractivity contribution in [2.75, 3.05) is 6.61 Å². The van der Waals surface area contributed by atoms with Crippen LogP contribution in [0.3, 0.4) is 0 Å². The topological polar surface area (TPSA) is 58.9 Å². The van der Waals surface area contributed by atoms with Crippen molar-refractivity contribution < 1.29 is 14.7 Å². The minimum absolute atomic E-state index is 0.335. The Balaban J connectivity index is 2.28. The van der Waals surface area contributed by atoms with Crippen molar-refractivity contribution in [3.05, 3.63) is 0 Å². The first-order valence-electron chi connectivity index (χ1n) is 4.58. The fourth-order valence-corrected chi connectivity index (χ4v) is 1.52. The highest BCUT2D eigenvalue weighted by Gasteiger charge is 2.14. The molecule has 1 rings (SSSR count). The van der Waals surface area contributed by atoms with Gasteiger partial charge in [0.25, 0.3) is 0 Å². The zero-order chi connectivity index (χ0) is 9.68. The largest absolute Gasteiger partial charge is 0.479 e. The van der Waals surface area contributed by atoms with Crippen LogP contribution in [0, 0.1) is 5.92 Å². The number of carboxylic acids is 1. The second kappa shape index (κ2) is 4.84. The number of oxime groups is 1. The molecule has 0 aromatic heterocycles. The van der Waals surface area contributed by atoms with Crippen molar-refractivity contribution >= 4 is 11.7 Å². The summed E-state index contributed by atoms with van der Waals surface area (Å²) in [4.78, 5) is 14.8. The van der Waals surface area contributed by atoms with Crippen LogP contribution in [0.4, 0.5) is 0 Å². The van der Waals surface area contributed by atoms with Crippen molar-refractivity contribution in [2.24, 2.45) is 11.1 Å². The zero-order valence-electron chi connectivity index (χ0n) is 7.82. The fraction of sp³-hybridized carbons (Fsp3) is 0.778. The lowest BCUT2D eigenvalue weighted by atomic mass is 9.89. The van der Waals surface area contributed by atoms with Crippen LogP contribution in [0.1, 0.15) is 32.6 Å².